The number of rotatable bonds is 6. The first-order valence-corrected chi connectivity index (χ1v) is 10.4. The molecule has 170 valence electrons. The van der Waals surface area contributed by atoms with E-state index in [0.717, 1.165) is 28.9 Å². The van der Waals surface area contributed by atoms with Crippen molar-refractivity contribution in [2.45, 2.75) is 25.6 Å². The molecule has 0 unspecified atom stereocenters. The summed E-state index contributed by atoms with van der Waals surface area (Å²) < 4.78 is 38.4. The van der Waals surface area contributed by atoms with Gasteiger partial charge in [0.25, 0.3) is 5.91 Å². The summed E-state index contributed by atoms with van der Waals surface area (Å²) in [6.07, 6.45) is -4.46. The van der Waals surface area contributed by atoms with Gasteiger partial charge in [0.15, 0.2) is 6.10 Å². The van der Waals surface area contributed by atoms with E-state index in [-0.39, 0.29) is 13.0 Å². The Labute approximate surface area is 188 Å². The molecule has 8 heteroatoms. The van der Waals surface area contributed by atoms with E-state index in [1.165, 1.54) is 11.0 Å². The van der Waals surface area contributed by atoms with E-state index in [0.29, 0.717) is 16.8 Å². The number of aromatic amines is 1. The molecule has 2 N–H and O–H groups in total. The Bertz CT molecular complexity index is 1250. The van der Waals surface area contributed by atoms with Gasteiger partial charge in [0.2, 0.25) is 0 Å². The first kappa shape index (κ1) is 22.5. The quantitative estimate of drug-likeness (QED) is 0.422. The van der Waals surface area contributed by atoms with Crippen molar-refractivity contribution in [1.82, 2.24) is 9.97 Å². The first-order valence-electron chi connectivity index (χ1n) is 10.4. The molecule has 0 aliphatic carbocycles. The van der Waals surface area contributed by atoms with Gasteiger partial charge in [0, 0.05) is 29.6 Å². The van der Waals surface area contributed by atoms with Gasteiger partial charge < -0.3 is 15.0 Å². The van der Waals surface area contributed by atoms with E-state index >= 15 is 0 Å². The fourth-order valence-corrected chi connectivity index (χ4v) is 3.70. The second-order valence-electron chi connectivity index (χ2n) is 7.83. The van der Waals surface area contributed by atoms with Crippen LogP contribution >= 0.6 is 0 Å². The van der Waals surface area contributed by atoms with Gasteiger partial charge in [-0.1, -0.05) is 42.5 Å². The zero-order valence-corrected chi connectivity index (χ0v) is 17.8. The third-order valence-electron chi connectivity index (χ3n) is 5.41. The second kappa shape index (κ2) is 9.07. The summed E-state index contributed by atoms with van der Waals surface area (Å²) >= 11 is 0. The van der Waals surface area contributed by atoms with Crippen LogP contribution < -0.4 is 4.90 Å². The van der Waals surface area contributed by atoms with Crippen molar-refractivity contribution in [3.05, 3.63) is 95.4 Å². The maximum atomic E-state index is 13.3. The maximum absolute atomic E-state index is 13.3. The molecule has 0 aliphatic heterocycles. The van der Waals surface area contributed by atoms with Crippen molar-refractivity contribution >= 4 is 22.5 Å². The zero-order chi connectivity index (χ0) is 23.6. The predicted molar refractivity (Wildman–Crippen MR) is 120 cm³/mol. The van der Waals surface area contributed by atoms with E-state index in [9.17, 15) is 23.1 Å². The Morgan fingerprint density at radius 1 is 1.09 bits per heavy atom. The number of carbonyl (C=O) groups excluding carboxylic acids is 1. The van der Waals surface area contributed by atoms with E-state index in [1.54, 1.807) is 36.4 Å². The molecule has 4 aromatic rings. The molecule has 2 aromatic heterocycles. The molecule has 2 aromatic carbocycles. The number of hydrogen-bond acceptors (Lipinski definition) is 3. The number of aliphatic hydroxyl groups is 1. The molecule has 1 amide bonds. The first-order chi connectivity index (χ1) is 15.7. The van der Waals surface area contributed by atoms with Crippen molar-refractivity contribution in [1.29, 1.82) is 0 Å². The lowest BCUT2D eigenvalue weighted by atomic mass is 10.1. The lowest BCUT2D eigenvalue weighted by molar-refractivity contribution is -0.141. The highest BCUT2D eigenvalue weighted by Gasteiger charge is 2.32. The molecule has 5 nitrogen and oxygen atoms in total. The SMILES string of the molecule is Cc1cc2ccc(N(CCc3ccc(C(F)(F)F)nc3)C(=O)[C@@H](O)c3ccccc3)cc2[nH]1. The smallest absolute Gasteiger partial charge is 0.378 e. The third kappa shape index (κ3) is 5.06. The van der Waals surface area contributed by atoms with Crippen LogP contribution in [0.15, 0.2) is 72.9 Å². The molecule has 0 aliphatic rings. The maximum Gasteiger partial charge on any atom is 0.433 e. The molecule has 0 spiro atoms. The van der Waals surface area contributed by atoms with Crippen LogP contribution in [-0.4, -0.2) is 27.5 Å². The fraction of sp³-hybridized carbons (Fsp3) is 0.200. The van der Waals surface area contributed by atoms with Gasteiger partial charge >= 0.3 is 6.18 Å². The summed E-state index contributed by atoms with van der Waals surface area (Å²) in [4.78, 5) is 21.5. The number of amides is 1. The molecule has 2 heterocycles. The van der Waals surface area contributed by atoms with Crippen LogP contribution in [0.1, 0.15) is 28.6 Å². The van der Waals surface area contributed by atoms with E-state index < -0.39 is 23.9 Å². The summed E-state index contributed by atoms with van der Waals surface area (Å²) in [5.74, 6) is -0.524. The average molecular weight is 453 g/mol. The zero-order valence-electron chi connectivity index (χ0n) is 17.8. The van der Waals surface area contributed by atoms with Gasteiger partial charge in [-0.3, -0.25) is 9.78 Å². The Balaban J connectivity index is 1.62. The molecule has 1 atom stereocenters. The number of benzene rings is 2. The van der Waals surface area contributed by atoms with Crippen molar-refractivity contribution < 1.29 is 23.1 Å². The van der Waals surface area contributed by atoms with Gasteiger partial charge in [-0.15, -0.1) is 0 Å². The number of H-pyrrole nitrogens is 1. The summed E-state index contributed by atoms with van der Waals surface area (Å²) in [7, 11) is 0. The normalized spacial score (nSPS) is 12.6. The van der Waals surface area contributed by atoms with Crippen LogP contribution in [0, 0.1) is 6.92 Å². The molecule has 0 fully saturated rings. The molecule has 0 bridgehead atoms. The summed E-state index contributed by atoms with van der Waals surface area (Å²) in [6.45, 7) is 2.08. The number of aromatic nitrogens is 2. The number of halogens is 3. The van der Waals surface area contributed by atoms with Crippen LogP contribution in [0.2, 0.25) is 0 Å². The minimum absolute atomic E-state index is 0.154. The number of nitrogens with one attached hydrogen (secondary N) is 1. The molecule has 33 heavy (non-hydrogen) atoms. The van der Waals surface area contributed by atoms with Crippen molar-refractivity contribution in [3.63, 3.8) is 0 Å². The fourth-order valence-electron chi connectivity index (χ4n) is 3.70. The van der Waals surface area contributed by atoms with Gasteiger partial charge in [-0.05, 0) is 54.1 Å². The third-order valence-corrected chi connectivity index (χ3v) is 5.41. The van der Waals surface area contributed by atoms with Crippen LogP contribution in [0.5, 0.6) is 0 Å². The lowest BCUT2D eigenvalue weighted by Gasteiger charge is -2.26. The van der Waals surface area contributed by atoms with E-state index in [1.807, 2.05) is 25.1 Å². The summed E-state index contributed by atoms with van der Waals surface area (Å²) in [6, 6.07) is 18.3. The number of anilines is 1. The number of carbonyl (C=O) groups is 1. The van der Waals surface area contributed by atoms with Crippen molar-refractivity contribution in [3.8, 4) is 0 Å². The van der Waals surface area contributed by atoms with E-state index in [4.69, 9.17) is 0 Å². The average Bonchev–Trinajstić information content (AvgIpc) is 3.18. The minimum atomic E-state index is -4.51. The number of alkyl halides is 3. The number of hydrogen-bond donors (Lipinski definition) is 2. The number of aryl methyl sites for hydroxylation is 1. The van der Waals surface area contributed by atoms with Gasteiger partial charge in [-0.25, -0.2) is 0 Å². The molecular weight excluding hydrogens is 431 g/mol. The van der Waals surface area contributed by atoms with Gasteiger partial charge in [-0.2, -0.15) is 13.2 Å². The molecular formula is C25H22F3N3O2. The highest BCUT2D eigenvalue weighted by atomic mass is 19.4. The molecule has 0 saturated heterocycles. The Morgan fingerprint density at radius 3 is 2.52 bits per heavy atom. The van der Waals surface area contributed by atoms with Crippen LogP contribution in [0.4, 0.5) is 18.9 Å². The monoisotopic (exact) mass is 453 g/mol. The van der Waals surface area contributed by atoms with Crippen LogP contribution in [0.3, 0.4) is 0 Å². The number of pyridine rings is 1. The number of fused-ring (bicyclic) bond motifs is 1. The topological polar surface area (TPSA) is 69.2 Å². The van der Waals surface area contributed by atoms with Crippen molar-refractivity contribution in [2.24, 2.45) is 0 Å². The molecule has 4 rings (SSSR count). The predicted octanol–water partition coefficient (Wildman–Crippen LogP) is 5.20. The highest BCUT2D eigenvalue weighted by molar-refractivity contribution is 5.98. The molecule has 0 radical (unpaired) electrons. The second-order valence-corrected chi connectivity index (χ2v) is 7.83. The standard InChI is InChI=1S/C25H22F3N3O2/c1-16-13-19-8-9-20(14-21(19)30-16)31(24(33)23(32)18-5-3-2-4-6-18)12-11-17-7-10-22(29-15-17)25(26,27)28/h2-10,13-15,23,30,32H,11-12H2,1H3/t23-/m0/s1. The van der Waals surface area contributed by atoms with E-state index in [2.05, 4.69) is 9.97 Å². The summed E-state index contributed by atoms with van der Waals surface area (Å²) in [5.41, 5.74) is 2.43. The lowest BCUT2D eigenvalue weighted by Crippen LogP contribution is -2.37. The largest absolute Gasteiger partial charge is 0.433 e. The van der Waals surface area contributed by atoms with Crippen LogP contribution in [-0.2, 0) is 17.4 Å². The molecule has 0 saturated carbocycles. The Kier molecular flexibility index (Phi) is 6.20. The van der Waals surface area contributed by atoms with Crippen molar-refractivity contribution in [2.75, 3.05) is 11.4 Å². The Morgan fingerprint density at radius 2 is 1.85 bits per heavy atom. The number of aliphatic hydroxyl groups excluding tert-OH is 1. The summed E-state index contributed by atoms with van der Waals surface area (Å²) in [5, 5.41) is 11.7. The highest BCUT2D eigenvalue weighted by Crippen LogP contribution is 2.28. The van der Waals surface area contributed by atoms with Gasteiger partial charge in [0.05, 0.1) is 0 Å². The Hall–Kier alpha value is -3.65. The van der Waals surface area contributed by atoms with Crippen LogP contribution in [0.25, 0.3) is 10.9 Å². The minimum Gasteiger partial charge on any atom is -0.378 e. The van der Waals surface area contributed by atoms with Gasteiger partial charge in [0.1, 0.15) is 5.69 Å². The number of nitrogens with zero attached hydrogens (tertiary/aromatic N) is 2.